The molecule has 22 heavy (non-hydrogen) atoms. The largest absolute Gasteiger partial charge is 0.494 e. The first-order valence-electron chi connectivity index (χ1n) is 6.74. The lowest BCUT2D eigenvalue weighted by molar-refractivity contribution is 0.447. The molecule has 1 aromatic rings. The normalized spacial score (nSPS) is 22.0. The van der Waals surface area contributed by atoms with E-state index in [2.05, 4.69) is 20.0 Å². The van der Waals surface area contributed by atoms with Crippen molar-refractivity contribution < 1.29 is 5.11 Å². The first kappa shape index (κ1) is 14.0. The van der Waals surface area contributed by atoms with Crippen LogP contribution in [0.1, 0.15) is 12.5 Å². The van der Waals surface area contributed by atoms with Gasteiger partial charge in [0, 0.05) is 18.2 Å². The summed E-state index contributed by atoms with van der Waals surface area (Å²) < 4.78 is 0. The summed E-state index contributed by atoms with van der Waals surface area (Å²) in [5, 5.41) is 9.94. The van der Waals surface area contributed by atoms with Gasteiger partial charge < -0.3 is 5.11 Å². The number of allylic oxidation sites excluding steroid dienone is 4. The van der Waals surface area contributed by atoms with E-state index < -0.39 is 17.1 Å². The van der Waals surface area contributed by atoms with Gasteiger partial charge in [-0.3, -0.25) is 19.8 Å². The zero-order valence-corrected chi connectivity index (χ0v) is 12.0. The van der Waals surface area contributed by atoms with E-state index in [1.807, 2.05) is 31.2 Å². The number of nitrogens with zero attached hydrogens (tertiary/aromatic N) is 2. The summed E-state index contributed by atoms with van der Waals surface area (Å²) in [6, 6.07) is 0. The van der Waals surface area contributed by atoms with Gasteiger partial charge in [-0.1, -0.05) is 31.2 Å². The molecule has 7 heteroatoms. The summed E-state index contributed by atoms with van der Waals surface area (Å²) in [4.78, 5) is 36.0. The molecule has 0 spiro atoms. The third-order valence-electron chi connectivity index (χ3n) is 3.51. The fourth-order valence-corrected chi connectivity index (χ4v) is 2.42. The molecule has 1 aliphatic heterocycles. The van der Waals surface area contributed by atoms with Crippen LogP contribution in [0.2, 0.25) is 0 Å². The third-order valence-corrected chi connectivity index (χ3v) is 3.51. The van der Waals surface area contributed by atoms with Crippen molar-refractivity contribution in [1.29, 1.82) is 0 Å². The smallest absolute Gasteiger partial charge is 0.328 e. The number of aromatic amines is 2. The molecular formula is C15H14N4O3. The molecule has 0 saturated carbocycles. The maximum atomic E-state index is 12.0. The number of H-pyrrole nitrogens is 2. The molecule has 7 nitrogen and oxygen atoms in total. The van der Waals surface area contributed by atoms with Gasteiger partial charge in [0.05, 0.1) is 5.71 Å². The summed E-state index contributed by atoms with van der Waals surface area (Å²) in [5.41, 5.74) is 0.225. The summed E-state index contributed by atoms with van der Waals surface area (Å²) in [6.07, 6.45) is 7.71. The van der Waals surface area contributed by atoms with E-state index in [4.69, 9.17) is 0 Å². The molecule has 1 unspecified atom stereocenters. The van der Waals surface area contributed by atoms with Crippen LogP contribution < -0.4 is 11.2 Å². The minimum atomic E-state index is -0.770. The Labute approximate surface area is 125 Å². The molecule has 3 rings (SSSR count). The zero-order chi connectivity index (χ0) is 15.9. The number of amidine groups is 1. The lowest BCUT2D eigenvalue weighted by Gasteiger charge is -2.04. The molecule has 0 amide bonds. The van der Waals surface area contributed by atoms with Gasteiger partial charge in [0.25, 0.3) is 5.56 Å². The maximum Gasteiger partial charge on any atom is 0.328 e. The number of hydrogen-bond acceptors (Lipinski definition) is 4. The quantitative estimate of drug-likeness (QED) is 0.708. The Morgan fingerprint density at radius 1 is 1.18 bits per heavy atom. The van der Waals surface area contributed by atoms with Crippen molar-refractivity contribution in [3.05, 3.63) is 61.9 Å². The van der Waals surface area contributed by atoms with Crippen molar-refractivity contribution in [1.82, 2.24) is 9.97 Å². The first-order valence-corrected chi connectivity index (χ1v) is 6.74. The molecule has 2 aliphatic rings. The summed E-state index contributed by atoms with van der Waals surface area (Å²) >= 11 is 0. The number of aromatic nitrogens is 2. The van der Waals surface area contributed by atoms with E-state index in [9.17, 15) is 14.7 Å². The van der Waals surface area contributed by atoms with Gasteiger partial charge in [-0.15, -0.1) is 0 Å². The van der Waals surface area contributed by atoms with E-state index in [1.165, 1.54) is 0 Å². The molecule has 0 radical (unpaired) electrons. The molecule has 1 aromatic heterocycles. The van der Waals surface area contributed by atoms with Crippen LogP contribution >= 0.6 is 0 Å². The monoisotopic (exact) mass is 298 g/mol. The standard InChI is InChI=1S/C15H14N4O3/c1-7-3-5-8-9(6-4-7)12(16-2)17-11(8)10-13(20)18-15(22)19-14(10)21/h3-7H,1-2H3,(H3,18,19,20,21,22). The second kappa shape index (κ2) is 5.10. The van der Waals surface area contributed by atoms with Crippen molar-refractivity contribution >= 4 is 11.5 Å². The predicted molar refractivity (Wildman–Crippen MR) is 83.7 cm³/mol. The fraction of sp³-hybridized carbons (Fsp3) is 0.200. The molecule has 3 N–H and O–H groups in total. The Hall–Kier alpha value is -2.96. The van der Waals surface area contributed by atoms with Gasteiger partial charge in [-0.25, -0.2) is 9.79 Å². The predicted octanol–water partition coefficient (Wildman–Crippen LogP) is 0.659. The number of nitrogens with one attached hydrogen (secondary N) is 2. The second-order valence-corrected chi connectivity index (χ2v) is 5.04. The van der Waals surface area contributed by atoms with Crippen LogP contribution in [0.3, 0.4) is 0 Å². The molecule has 0 bridgehead atoms. The molecule has 1 atom stereocenters. The van der Waals surface area contributed by atoms with Gasteiger partial charge >= 0.3 is 5.69 Å². The highest BCUT2D eigenvalue weighted by molar-refractivity contribution is 6.29. The van der Waals surface area contributed by atoms with E-state index in [0.29, 0.717) is 17.1 Å². The number of aliphatic imine (C=N–C) groups is 2. The van der Waals surface area contributed by atoms with Gasteiger partial charge in [0.15, 0.2) is 5.84 Å². The van der Waals surface area contributed by atoms with Crippen LogP contribution in [-0.4, -0.2) is 33.7 Å². The molecule has 0 fully saturated rings. The van der Waals surface area contributed by atoms with Crippen molar-refractivity contribution in [2.45, 2.75) is 6.92 Å². The molecule has 0 aromatic carbocycles. The Kier molecular flexibility index (Phi) is 3.25. The molecule has 2 heterocycles. The highest BCUT2D eigenvalue weighted by Crippen LogP contribution is 2.28. The maximum absolute atomic E-state index is 12.0. The number of aromatic hydroxyl groups is 1. The average Bonchev–Trinajstić information content (AvgIpc) is 2.67. The Bertz CT molecular complexity index is 909. The van der Waals surface area contributed by atoms with Gasteiger partial charge in [-0.2, -0.15) is 0 Å². The SMILES string of the molecule is CN=C1N=C(c2c(O)[nH]c(=O)[nH]c2=O)C2=C1C=CC(C)C=C2. The molecular weight excluding hydrogens is 284 g/mol. The minimum Gasteiger partial charge on any atom is -0.494 e. The van der Waals surface area contributed by atoms with E-state index in [0.717, 1.165) is 5.57 Å². The minimum absolute atomic E-state index is 0.0710. The van der Waals surface area contributed by atoms with Crippen LogP contribution in [0.4, 0.5) is 0 Å². The Balaban J connectivity index is 2.27. The van der Waals surface area contributed by atoms with Crippen molar-refractivity contribution in [3.63, 3.8) is 0 Å². The highest BCUT2D eigenvalue weighted by atomic mass is 16.3. The lowest BCUT2D eigenvalue weighted by Crippen LogP contribution is -2.28. The van der Waals surface area contributed by atoms with Gasteiger partial charge in [0.1, 0.15) is 5.56 Å². The van der Waals surface area contributed by atoms with Gasteiger partial charge in [-0.05, 0) is 5.92 Å². The molecule has 1 aliphatic carbocycles. The lowest BCUT2D eigenvalue weighted by atomic mass is 10.0. The van der Waals surface area contributed by atoms with Crippen molar-refractivity contribution in [2.24, 2.45) is 15.9 Å². The van der Waals surface area contributed by atoms with Crippen LogP contribution in [0, 0.1) is 5.92 Å². The molecule has 112 valence electrons. The summed E-state index contributed by atoms with van der Waals surface area (Å²) in [6.45, 7) is 2.03. The van der Waals surface area contributed by atoms with E-state index >= 15 is 0 Å². The second-order valence-electron chi connectivity index (χ2n) is 5.04. The van der Waals surface area contributed by atoms with Crippen LogP contribution in [-0.2, 0) is 0 Å². The van der Waals surface area contributed by atoms with Crippen LogP contribution in [0.25, 0.3) is 0 Å². The van der Waals surface area contributed by atoms with Gasteiger partial charge in [0.2, 0.25) is 5.88 Å². The van der Waals surface area contributed by atoms with Crippen LogP contribution in [0.15, 0.2) is 55.0 Å². The van der Waals surface area contributed by atoms with E-state index in [1.54, 1.807) is 7.05 Å². The Morgan fingerprint density at radius 2 is 1.86 bits per heavy atom. The third kappa shape index (κ3) is 2.16. The Morgan fingerprint density at radius 3 is 2.50 bits per heavy atom. The van der Waals surface area contributed by atoms with Crippen molar-refractivity contribution in [3.8, 4) is 5.88 Å². The zero-order valence-electron chi connectivity index (χ0n) is 12.0. The highest BCUT2D eigenvalue weighted by Gasteiger charge is 2.28. The first-order chi connectivity index (χ1) is 10.5. The average molecular weight is 298 g/mol. The topological polar surface area (TPSA) is 111 Å². The fourth-order valence-electron chi connectivity index (χ4n) is 2.42. The summed E-state index contributed by atoms with van der Waals surface area (Å²) in [7, 11) is 1.61. The van der Waals surface area contributed by atoms with Crippen LogP contribution in [0.5, 0.6) is 5.88 Å². The number of hydrogen-bond donors (Lipinski definition) is 3. The molecule has 0 saturated heterocycles. The van der Waals surface area contributed by atoms with Crippen molar-refractivity contribution in [2.75, 3.05) is 7.05 Å². The van der Waals surface area contributed by atoms with E-state index in [-0.39, 0.29) is 11.5 Å². The summed E-state index contributed by atoms with van der Waals surface area (Å²) in [5.74, 6) is 0.198. The number of rotatable bonds is 1.